The quantitative estimate of drug-likeness (QED) is 0.659. The molecule has 0 aliphatic rings. The number of aromatic carboxylic acids is 1. The van der Waals surface area contributed by atoms with E-state index >= 15 is 0 Å². The van der Waals surface area contributed by atoms with Crippen LogP contribution in [0, 0.1) is 17.0 Å². The van der Waals surface area contributed by atoms with Crippen LogP contribution in [0.4, 0.5) is 5.69 Å². The second kappa shape index (κ2) is 5.92. The number of benzene rings is 2. The van der Waals surface area contributed by atoms with Crippen LogP contribution < -0.4 is 4.74 Å². The first-order valence-corrected chi connectivity index (χ1v) is 6.63. The molecule has 0 spiro atoms. The van der Waals surface area contributed by atoms with E-state index in [9.17, 15) is 14.9 Å². The first-order valence-electron chi connectivity index (χ1n) is 5.83. The zero-order chi connectivity index (χ0) is 15.6. The predicted molar refractivity (Wildman–Crippen MR) is 79.0 cm³/mol. The van der Waals surface area contributed by atoms with Crippen molar-refractivity contribution in [3.63, 3.8) is 0 Å². The lowest BCUT2D eigenvalue weighted by Gasteiger charge is -2.08. The number of nitrogens with zero attached hydrogens (tertiary/aromatic N) is 1. The number of nitro benzene ring substituents is 1. The summed E-state index contributed by atoms with van der Waals surface area (Å²) in [7, 11) is 0. The Labute approximate surface area is 128 Å². The maximum Gasteiger partial charge on any atom is 0.335 e. The van der Waals surface area contributed by atoms with Crippen molar-refractivity contribution in [2.24, 2.45) is 0 Å². The van der Waals surface area contributed by atoms with Crippen LogP contribution in [0.5, 0.6) is 11.5 Å². The Morgan fingerprint density at radius 2 is 2.00 bits per heavy atom. The van der Waals surface area contributed by atoms with Gasteiger partial charge in [0.15, 0.2) is 0 Å². The second-order valence-electron chi connectivity index (χ2n) is 4.31. The number of carboxylic acids is 1. The van der Waals surface area contributed by atoms with Crippen LogP contribution in [0.2, 0.25) is 0 Å². The summed E-state index contributed by atoms with van der Waals surface area (Å²) >= 11 is 3.18. The van der Waals surface area contributed by atoms with E-state index in [0.29, 0.717) is 4.47 Å². The zero-order valence-electron chi connectivity index (χ0n) is 10.9. The van der Waals surface area contributed by atoms with Gasteiger partial charge in [0.25, 0.3) is 0 Å². The molecule has 0 bridgehead atoms. The Bertz CT molecular complexity index is 729. The standard InChI is InChI=1S/C14H10BrNO5/c1-8-2-3-13(12(4-8)16(19)20)21-11-6-9(14(17)18)5-10(15)7-11/h2-7H,1H3,(H,17,18). The van der Waals surface area contributed by atoms with Crippen LogP contribution in [-0.2, 0) is 0 Å². The summed E-state index contributed by atoms with van der Waals surface area (Å²) in [5.74, 6) is -0.853. The Morgan fingerprint density at radius 1 is 1.29 bits per heavy atom. The molecule has 0 aliphatic heterocycles. The van der Waals surface area contributed by atoms with Crippen molar-refractivity contribution < 1.29 is 19.6 Å². The van der Waals surface area contributed by atoms with Gasteiger partial charge in [-0.3, -0.25) is 10.1 Å². The van der Waals surface area contributed by atoms with E-state index in [0.717, 1.165) is 5.56 Å². The fourth-order valence-corrected chi connectivity index (χ4v) is 2.20. The monoisotopic (exact) mass is 351 g/mol. The maximum atomic E-state index is 11.0. The number of rotatable bonds is 4. The minimum absolute atomic E-state index is 0.0224. The van der Waals surface area contributed by atoms with E-state index in [1.165, 1.54) is 30.3 Å². The minimum atomic E-state index is -1.11. The van der Waals surface area contributed by atoms with Crippen molar-refractivity contribution in [1.29, 1.82) is 0 Å². The van der Waals surface area contributed by atoms with Gasteiger partial charge in [0.05, 0.1) is 10.5 Å². The van der Waals surface area contributed by atoms with E-state index in [1.54, 1.807) is 13.0 Å². The molecule has 0 radical (unpaired) electrons. The fraction of sp³-hybridized carbons (Fsp3) is 0.0714. The Hall–Kier alpha value is -2.41. The number of aryl methyl sites for hydroxylation is 1. The highest BCUT2D eigenvalue weighted by Crippen LogP contribution is 2.33. The van der Waals surface area contributed by atoms with Crippen LogP contribution in [0.25, 0.3) is 0 Å². The molecule has 0 unspecified atom stereocenters. The van der Waals surface area contributed by atoms with Gasteiger partial charge in [-0.05, 0) is 36.8 Å². The van der Waals surface area contributed by atoms with Gasteiger partial charge in [-0.1, -0.05) is 22.0 Å². The molecular weight excluding hydrogens is 342 g/mol. The lowest BCUT2D eigenvalue weighted by atomic mass is 10.2. The summed E-state index contributed by atoms with van der Waals surface area (Å²) < 4.78 is 5.97. The number of hydrogen-bond acceptors (Lipinski definition) is 4. The molecule has 0 heterocycles. The van der Waals surface area contributed by atoms with Crippen molar-refractivity contribution >= 4 is 27.6 Å². The molecule has 0 atom stereocenters. The molecule has 2 aromatic rings. The molecule has 0 aromatic heterocycles. The van der Waals surface area contributed by atoms with E-state index in [1.807, 2.05) is 0 Å². The maximum absolute atomic E-state index is 11.0. The molecule has 0 fully saturated rings. The Kier molecular flexibility index (Phi) is 4.23. The predicted octanol–water partition coefficient (Wildman–Crippen LogP) is 4.16. The Balaban J connectivity index is 2.43. The topological polar surface area (TPSA) is 89.7 Å². The number of carbonyl (C=O) groups is 1. The van der Waals surface area contributed by atoms with Gasteiger partial charge in [0.1, 0.15) is 5.75 Å². The van der Waals surface area contributed by atoms with Crippen LogP contribution in [0.3, 0.4) is 0 Å². The van der Waals surface area contributed by atoms with Gasteiger partial charge in [-0.25, -0.2) is 4.79 Å². The number of hydrogen-bond donors (Lipinski definition) is 1. The Morgan fingerprint density at radius 3 is 2.62 bits per heavy atom. The second-order valence-corrected chi connectivity index (χ2v) is 5.23. The molecule has 1 N–H and O–H groups in total. The summed E-state index contributed by atoms with van der Waals surface area (Å²) in [6.07, 6.45) is 0. The van der Waals surface area contributed by atoms with E-state index < -0.39 is 10.9 Å². The normalized spacial score (nSPS) is 10.2. The van der Waals surface area contributed by atoms with Crippen molar-refractivity contribution in [2.75, 3.05) is 0 Å². The first kappa shape index (κ1) is 15.0. The number of ether oxygens (including phenoxy) is 1. The summed E-state index contributed by atoms with van der Waals surface area (Å²) in [6.45, 7) is 1.73. The molecule has 6 nitrogen and oxygen atoms in total. The lowest BCUT2D eigenvalue weighted by molar-refractivity contribution is -0.385. The van der Waals surface area contributed by atoms with Gasteiger partial charge >= 0.3 is 11.7 Å². The van der Waals surface area contributed by atoms with Gasteiger partial charge in [-0.2, -0.15) is 0 Å². The molecule has 0 saturated carbocycles. The molecule has 2 aromatic carbocycles. The minimum Gasteiger partial charge on any atom is -0.478 e. The third kappa shape index (κ3) is 3.57. The van der Waals surface area contributed by atoms with Gasteiger partial charge in [0, 0.05) is 10.5 Å². The molecular formula is C14H10BrNO5. The molecule has 108 valence electrons. The van der Waals surface area contributed by atoms with Crippen molar-refractivity contribution in [3.8, 4) is 11.5 Å². The van der Waals surface area contributed by atoms with Crippen molar-refractivity contribution in [2.45, 2.75) is 6.92 Å². The number of carboxylic acid groups (broad SMARTS) is 1. The highest BCUT2D eigenvalue weighted by Gasteiger charge is 2.17. The van der Waals surface area contributed by atoms with E-state index in [2.05, 4.69) is 15.9 Å². The summed E-state index contributed by atoms with van der Waals surface area (Å²) in [6, 6.07) is 8.81. The van der Waals surface area contributed by atoms with Crippen LogP contribution >= 0.6 is 15.9 Å². The van der Waals surface area contributed by atoms with Crippen LogP contribution in [0.1, 0.15) is 15.9 Å². The smallest absolute Gasteiger partial charge is 0.335 e. The summed E-state index contributed by atoms with van der Waals surface area (Å²) in [4.78, 5) is 21.5. The molecule has 7 heteroatoms. The molecule has 0 saturated heterocycles. The van der Waals surface area contributed by atoms with Crippen LogP contribution in [0.15, 0.2) is 40.9 Å². The molecule has 21 heavy (non-hydrogen) atoms. The summed E-state index contributed by atoms with van der Waals surface area (Å²) in [5.41, 5.74) is 0.579. The third-order valence-corrected chi connectivity index (χ3v) is 3.12. The van der Waals surface area contributed by atoms with Crippen molar-refractivity contribution in [1.82, 2.24) is 0 Å². The first-order chi connectivity index (χ1) is 9.86. The SMILES string of the molecule is Cc1ccc(Oc2cc(Br)cc(C(=O)O)c2)c([N+](=O)[O-])c1. The highest BCUT2D eigenvalue weighted by atomic mass is 79.9. The van der Waals surface area contributed by atoms with Gasteiger partial charge in [-0.15, -0.1) is 0 Å². The fourth-order valence-electron chi connectivity index (χ4n) is 1.73. The van der Waals surface area contributed by atoms with Crippen molar-refractivity contribution in [3.05, 3.63) is 62.1 Å². The average molecular weight is 352 g/mol. The lowest BCUT2D eigenvalue weighted by Crippen LogP contribution is -1.98. The zero-order valence-corrected chi connectivity index (χ0v) is 12.5. The van der Waals surface area contributed by atoms with Gasteiger partial charge < -0.3 is 9.84 Å². The molecule has 0 amide bonds. The van der Waals surface area contributed by atoms with Crippen LogP contribution in [-0.4, -0.2) is 16.0 Å². The third-order valence-electron chi connectivity index (χ3n) is 2.66. The van der Waals surface area contributed by atoms with Gasteiger partial charge in [0.2, 0.25) is 5.75 Å². The van der Waals surface area contributed by atoms with E-state index in [4.69, 9.17) is 9.84 Å². The number of halogens is 1. The molecule has 0 aliphatic carbocycles. The van der Waals surface area contributed by atoms with E-state index in [-0.39, 0.29) is 22.7 Å². The average Bonchev–Trinajstić information content (AvgIpc) is 2.40. The summed E-state index contributed by atoms with van der Waals surface area (Å²) in [5, 5.41) is 20.0. The largest absolute Gasteiger partial charge is 0.478 e. The highest BCUT2D eigenvalue weighted by molar-refractivity contribution is 9.10. The number of nitro groups is 1. The molecule has 2 rings (SSSR count).